The first-order valence-electron chi connectivity index (χ1n) is 10.5. The van der Waals surface area contributed by atoms with Crippen LogP contribution in [0.5, 0.6) is 0 Å². The first-order chi connectivity index (χ1) is 13.0. The van der Waals surface area contributed by atoms with E-state index in [4.69, 9.17) is 0 Å². The Morgan fingerprint density at radius 3 is 2.56 bits per heavy atom. The SMILES string of the molecule is Cc1cccc(Cn2cccc2CN(C(=O)C2CCCC2)[C@H](C)C(C)C)c1. The highest BCUT2D eigenvalue weighted by Crippen LogP contribution is 2.29. The van der Waals surface area contributed by atoms with Crippen LogP contribution in [0.15, 0.2) is 42.6 Å². The van der Waals surface area contributed by atoms with Crippen molar-refractivity contribution >= 4 is 5.91 Å². The molecule has 1 aromatic heterocycles. The number of hydrogen-bond acceptors (Lipinski definition) is 1. The summed E-state index contributed by atoms with van der Waals surface area (Å²) in [4.78, 5) is 15.4. The van der Waals surface area contributed by atoms with Crippen molar-refractivity contribution in [2.75, 3.05) is 0 Å². The molecule has 27 heavy (non-hydrogen) atoms. The Kier molecular flexibility index (Phi) is 6.41. The summed E-state index contributed by atoms with van der Waals surface area (Å²) >= 11 is 0. The monoisotopic (exact) mass is 366 g/mol. The van der Waals surface area contributed by atoms with Crippen LogP contribution in [-0.4, -0.2) is 21.4 Å². The largest absolute Gasteiger partial charge is 0.345 e. The molecule has 1 aromatic carbocycles. The third kappa shape index (κ3) is 4.82. The van der Waals surface area contributed by atoms with E-state index in [-0.39, 0.29) is 12.0 Å². The maximum atomic E-state index is 13.2. The summed E-state index contributed by atoms with van der Waals surface area (Å²) in [7, 11) is 0. The maximum absolute atomic E-state index is 13.2. The second kappa shape index (κ2) is 8.77. The summed E-state index contributed by atoms with van der Waals surface area (Å²) in [6.07, 6.45) is 6.65. The molecule has 3 nitrogen and oxygen atoms in total. The van der Waals surface area contributed by atoms with Gasteiger partial charge in [-0.05, 0) is 50.3 Å². The van der Waals surface area contributed by atoms with E-state index in [1.165, 1.54) is 29.7 Å². The third-order valence-corrected chi connectivity index (χ3v) is 6.14. The molecule has 0 radical (unpaired) electrons. The van der Waals surface area contributed by atoms with Crippen molar-refractivity contribution in [1.82, 2.24) is 9.47 Å². The van der Waals surface area contributed by atoms with Crippen molar-refractivity contribution in [2.24, 2.45) is 11.8 Å². The minimum atomic E-state index is 0.228. The average Bonchev–Trinajstić information content (AvgIpc) is 3.31. The van der Waals surface area contributed by atoms with Crippen LogP contribution < -0.4 is 0 Å². The number of nitrogens with zero attached hydrogens (tertiary/aromatic N) is 2. The Morgan fingerprint density at radius 2 is 1.89 bits per heavy atom. The van der Waals surface area contributed by atoms with Crippen molar-refractivity contribution < 1.29 is 4.79 Å². The molecule has 2 aromatic rings. The summed E-state index contributed by atoms with van der Waals surface area (Å²) in [5.74, 6) is 1.04. The maximum Gasteiger partial charge on any atom is 0.226 e. The van der Waals surface area contributed by atoms with Gasteiger partial charge in [0.2, 0.25) is 5.91 Å². The van der Waals surface area contributed by atoms with Crippen molar-refractivity contribution in [3.05, 3.63) is 59.4 Å². The van der Waals surface area contributed by atoms with Gasteiger partial charge in [-0.25, -0.2) is 0 Å². The highest BCUT2D eigenvalue weighted by molar-refractivity contribution is 5.79. The van der Waals surface area contributed by atoms with Crippen LogP contribution in [0.25, 0.3) is 0 Å². The highest BCUT2D eigenvalue weighted by atomic mass is 16.2. The summed E-state index contributed by atoms with van der Waals surface area (Å²) in [5, 5.41) is 0. The Labute approximate surface area is 164 Å². The Balaban J connectivity index is 1.79. The lowest BCUT2D eigenvalue weighted by atomic mass is 10.00. The van der Waals surface area contributed by atoms with Gasteiger partial charge in [0.1, 0.15) is 0 Å². The van der Waals surface area contributed by atoms with Crippen LogP contribution in [0.4, 0.5) is 0 Å². The summed E-state index contributed by atoms with van der Waals surface area (Å²) < 4.78 is 2.29. The first-order valence-corrected chi connectivity index (χ1v) is 10.5. The fourth-order valence-corrected chi connectivity index (χ4v) is 4.12. The molecule has 1 amide bonds. The van der Waals surface area contributed by atoms with E-state index in [0.29, 0.717) is 18.4 Å². The zero-order valence-electron chi connectivity index (χ0n) is 17.3. The second-order valence-corrected chi connectivity index (χ2v) is 8.55. The van der Waals surface area contributed by atoms with E-state index in [9.17, 15) is 4.79 Å². The smallest absolute Gasteiger partial charge is 0.226 e. The molecule has 1 heterocycles. The standard InChI is InChI=1S/C24H34N2O/c1-18(2)20(4)26(24(27)22-11-5-6-12-22)17-23-13-8-14-25(23)16-21-10-7-9-19(3)15-21/h7-10,13-15,18,20,22H,5-6,11-12,16-17H2,1-4H3/t20-/m1/s1. The van der Waals surface area contributed by atoms with Crippen molar-refractivity contribution in [1.29, 1.82) is 0 Å². The van der Waals surface area contributed by atoms with Gasteiger partial charge in [0.05, 0.1) is 6.54 Å². The number of hydrogen-bond donors (Lipinski definition) is 0. The molecule has 0 saturated heterocycles. The molecule has 146 valence electrons. The molecule has 1 aliphatic carbocycles. The van der Waals surface area contributed by atoms with Crippen LogP contribution in [0.2, 0.25) is 0 Å². The third-order valence-electron chi connectivity index (χ3n) is 6.14. The fraction of sp³-hybridized carbons (Fsp3) is 0.542. The number of rotatable bonds is 7. The zero-order valence-corrected chi connectivity index (χ0v) is 17.3. The average molecular weight is 367 g/mol. The van der Waals surface area contributed by atoms with Gasteiger partial charge < -0.3 is 9.47 Å². The molecule has 1 saturated carbocycles. The Hall–Kier alpha value is -2.03. The van der Waals surface area contributed by atoms with E-state index in [0.717, 1.165) is 19.4 Å². The lowest BCUT2D eigenvalue weighted by Crippen LogP contribution is -2.44. The number of carbonyl (C=O) groups excluding carboxylic acids is 1. The molecular formula is C24H34N2O. The second-order valence-electron chi connectivity index (χ2n) is 8.55. The Morgan fingerprint density at radius 1 is 1.15 bits per heavy atom. The molecule has 0 unspecified atom stereocenters. The lowest BCUT2D eigenvalue weighted by Gasteiger charge is -2.34. The highest BCUT2D eigenvalue weighted by Gasteiger charge is 2.31. The predicted molar refractivity (Wildman–Crippen MR) is 112 cm³/mol. The van der Waals surface area contributed by atoms with Gasteiger partial charge in [-0.3, -0.25) is 4.79 Å². The summed E-state index contributed by atoms with van der Waals surface area (Å²) in [6.45, 7) is 10.3. The van der Waals surface area contributed by atoms with E-state index in [1.54, 1.807) is 0 Å². The van der Waals surface area contributed by atoms with Gasteiger partial charge in [0, 0.05) is 30.4 Å². The zero-order chi connectivity index (χ0) is 19.4. The van der Waals surface area contributed by atoms with Crippen LogP contribution in [0.1, 0.15) is 63.3 Å². The number of aryl methyl sites for hydroxylation is 1. The number of benzene rings is 1. The topological polar surface area (TPSA) is 25.2 Å². The van der Waals surface area contributed by atoms with Crippen LogP contribution in [0.3, 0.4) is 0 Å². The molecule has 3 heteroatoms. The fourth-order valence-electron chi connectivity index (χ4n) is 4.12. The quantitative estimate of drug-likeness (QED) is 0.643. The van der Waals surface area contributed by atoms with Crippen LogP contribution in [-0.2, 0) is 17.9 Å². The van der Waals surface area contributed by atoms with Gasteiger partial charge in [-0.2, -0.15) is 0 Å². The van der Waals surface area contributed by atoms with Crippen molar-refractivity contribution in [3.63, 3.8) is 0 Å². The minimum Gasteiger partial charge on any atom is -0.345 e. The van der Waals surface area contributed by atoms with Gasteiger partial charge in [-0.15, -0.1) is 0 Å². The normalized spacial score (nSPS) is 16.0. The first kappa shape index (κ1) is 19.7. The van der Waals surface area contributed by atoms with Gasteiger partial charge >= 0.3 is 0 Å². The van der Waals surface area contributed by atoms with Gasteiger partial charge in [-0.1, -0.05) is 56.5 Å². The van der Waals surface area contributed by atoms with Gasteiger partial charge in [0.15, 0.2) is 0 Å². The van der Waals surface area contributed by atoms with Gasteiger partial charge in [0.25, 0.3) is 0 Å². The van der Waals surface area contributed by atoms with Crippen molar-refractivity contribution in [3.8, 4) is 0 Å². The lowest BCUT2D eigenvalue weighted by molar-refractivity contribution is -0.139. The van der Waals surface area contributed by atoms with Crippen LogP contribution in [0, 0.1) is 18.8 Å². The molecule has 1 fully saturated rings. The molecule has 0 aliphatic heterocycles. The Bertz CT molecular complexity index is 755. The predicted octanol–water partition coefficient (Wildman–Crippen LogP) is 5.41. The number of carbonyl (C=O) groups is 1. The molecule has 3 rings (SSSR count). The van der Waals surface area contributed by atoms with Crippen molar-refractivity contribution in [2.45, 2.75) is 72.5 Å². The number of amides is 1. The van der Waals surface area contributed by atoms with E-state index >= 15 is 0 Å². The molecule has 0 spiro atoms. The molecular weight excluding hydrogens is 332 g/mol. The summed E-state index contributed by atoms with van der Waals surface area (Å²) in [5.41, 5.74) is 3.81. The number of aromatic nitrogens is 1. The molecule has 1 atom stereocenters. The summed E-state index contributed by atoms with van der Waals surface area (Å²) in [6, 6.07) is 13.2. The van der Waals surface area contributed by atoms with E-state index < -0.39 is 0 Å². The van der Waals surface area contributed by atoms with Crippen LogP contribution >= 0.6 is 0 Å². The minimum absolute atomic E-state index is 0.228. The molecule has 0 bridgehead atoms. The molecule has 1 aliphatic rings. The van der Waals surface area contributed by atoms with E-state index in [1.807, 2.05) is 0 Å². The van der Waals surface area contributed by atoms with E-state index in [2.05, 4.69) is 79.8 Å². The molecule has 0 N–H and O–H groups in total.